The van der Waals surface area contributed by atoms with Crippen LogP contribution in [0.5, 0.6) is 0 Å². The second-order valence-electron chi connectivity index (χ2n) is 5.34. The van der Waals surface area contributed by atoms with Crippen LogP contribution >= 0.6 is 11.8 Å². The lowest BCUT2D eigenvalue weighted by atomic mass is 9.84. The van der Waals surface area contributed by atoms with Crippen molar-refractivity contribution >= 4 is 11.8 Å². The second kappa shape index (κ2) is 6.41. The average molecular weight is 291 g/mol. The minimum Gasteiger partial charge on any atom is -0.338 e. The summed E-state index contributed by atoms with van der Waals surface area (Å²) in [6, 6.07) is 9.99. The lowest BCUT2D eigenvalue weighted by Crippen LogP contribution is -2.21. The first-order valence-corrected chi connectivity index (χ1v) is 8.09. The van der Waals surface area contributed by atoms with Gasteiger partial charge in [-0.15, -0.1) is 0 Å². The zero-order chi connectivity index (χ0) is 14.6. The van der Waals surface area contributed by atoms with E-state index in [2.05, 4.69) is 42.4 Å². The molecule has 1 heterocycles. The maximum atomic E-state index is 6.07. The van der Waals surface area contributed by atoms with Gasteiger partial charge in [-0.05, 0) is 37.8 Å². The zero-order valence-corrected chi connectivity index (χ0v) is 13.0. The zero-order valence-electron chi connectivity index (χ0n) is 12.2. The van der Waals surface area contributed by atoms with E-state index >= 15 is 0 Å². The Labute approximate surface area is 124 Å². The number of hydrogen-bond donors (Lipinski definition) is 1. The summed E-state index contributed by atoms with van der Waals surface area (Å²) in [7, 11) is 0. The van der Waals surface area contributed by atoms with Gasteiger partial charge in [0.1, 0.15) is 0 Å². The van der Waals surface area contributed by atoms with Crippen LogP contribution in [-0.2, 0) is 5.41 Å². The number of nitrogens with two attached hydrogens (primary N) is 1. The lowest BCUT2D eigenvalue weighted by Gasteiger charge is -2.20. The molecule has 0 saturated carbocycles. The van der Waals surface area contributed by atoms with E-state index in [1.54, 1.807) is 11.8 Å². The minimum absolute atomic E-state index is 0.185. The fourth-order valence-electron chi connectivity index (χ4n) is 1.99. The predicted molar refractivity (Wildman–Crippen MR) is 82.8 cm³/mol. The van der Waals surface area contributed by atoms with Gasteiger partial charge in [-0.25, -0.2) is 0 Å². The third kappa shape index (κ3) is 3.22. The van der Waals surface area contributed by atoms with E-state index in [4.69, 9.17) is 10.3 Å². The van der Waals surface area contributed by atoms with Crippen LogP contribution in [0.15, 0.2) is 34.9 Å². The van der Waals surface area contributed by atoms with Crippen molar-refractivity contribution in [3.05, 3.63) is 47.6 Å². The molecule has 0 bridgehead atoms. The summed E-state index contributed by atoms with van der Waals surface area (Å²) in [6.45, 7) is 4.18. The van der Waals surface area contributed by atoms with Gasteiger partial charge >= 0.3 is 0 Å². The standard InChI is InChI=1S/C15H21N3OS/c1-15(2,11-7-5-4-6-8-11)14-17-13(19-18-14)12(16)9-10-20-3/h4-8,12H,9-10,16H2,1-3H3. The Morgan fingerprint density at radius 2 is 2.00 bits per heavy atom. The molecule has 0 saturated heterocycles. The average Bonchev–Trinajstić information content (AvgIpc) is 2.96. The van der Waals surface area contributed by atoms with E-state index in [1.807, 2.05) is 18.2 Å². The second-order valence-corrected chi connectivity index (χ2v) is 6.32. The molecule has 2 N–H and O–H groups in total. The van der Waals surface area contributed by atoms with Gasteiger partial charge in [-0.1, -0.05) is 35.5 Å². The number of hydrogen-bond acceptors (Lipinski definition) is 5. The Morgan fingerprint density at radius 1 is 1.30 bits per heavy atom. The molecule has 0 spiro atoms. The third-order valence-electron chi connectivity index (χ3n) is 3.45. The first-order valence-electron chi connectivity index (χ1n) is 6.70. The van der Waals surface area contributed by atoms with Crippen molar-refractivity contribution in [1.29, 1.82) is 0 Å². The molecule has 0 aliphatic heterocycles. The van der Waals surface area contributed by atoms with Crippen molar-refractivity contribution in [2.45, 2.75) is 31.7 Å². The van der Waals surface area contributed by atoms with Crippen LogP contribution in [0.25, 0.3) is 0 Å². The maximum absolute atomic E-state index is 6.07. The number of benzene rings is 1. The number of nitrogens with zero attached hydrogens (tertiary/aromatic N) is 2. The molecule has 5 heteroatoms. The molecule has 1 aromatic heterocycles. The lowest BCUT2D eigenvalue weighted by molar-refractivity contribution is 0.344. The molecule has 0 radical (unpaired) electrons. The van der Waals surface area contributed by atoms with Crippen LogP contribution in [0.4, 0.5) is 0 Å². The van der Waals surface area contributed by atoms with Gasteiger partial charge in [0.25, 0.3) is 0 Å². The van der Waals surface area contributed by atoms with Gasteiger partial charge in [0.05, 0.1) is 11.5 Å². The maximum Gasteiger partial charge on any atom is 0.243 e. The van der Waals surface area contributed by atoms with E-state index in [1.165, 1.54) is 0 Å². The Balaban J connectivity index is 2.19. The van der Waals surface area contributed by atoms with Crippen LogP contribution in [0, 0.1) is 0 Å². The highest BCUT2D eigenvalue weighted by molar-refractivity contribution is 7.98. The largest absolute Gasteiger partial charge is 0.338 e. The fraction of sp³-hybridized carbons (Fsp3) is 0.467. The van der Waals surface area contributed by atoms with Crippen LogP contribution in [-0.4, -0.2) is 22.1 Å². The molecular weight excluding hydrogens is 270 g/mol. The Bertz CT molecular complexity index is 539. The van der Waals surface area contributed by atoms with Crippen molar-refractivity contribution in [2.75, 3.05) is 12.0 Å². The minimum atomic E-state index is -0.289. The normalized spacial score (nSPS) is 13.4. The summed E-state index contributed by atoms with van der Waals surface area (Å²) in [4.78, 5) is 4.50. The molecule has 2 aromatic rings. The van der Waals surface area contributed by atoms with E-state index < -0.39 is 0 Å². The van der Waals surface area contributed by atoms with E-state index in [0.29, 0.717) is 11.7 Å². The molecule has 108 valence electrons. The van der Waals surface area contributed by atoms with E-state index in [0.717, 1.165) is 17.7 Å². The Kier molecular flexibility index (Phi) is 4.83. The molecule has 0 amide bonds. The van der Waals surface area contributed by atoms with E-state index in [-0.39, 0.29) is 11.5 Å². The summed E-state index contributed by atoms with van der Waals surface area (Å²) in [5.41, 5.74) is 6.93. The molecule has 0 aliphatic rings. The molecular formula is C15H21N3OS. The molecule has 1 unspecified atom stereocenters. The van der Waals surface area contributed by atoms with E-state index in [9.17, 15) is 0 Å². The van der Waals surface area contributed by atoms with Gasteiger partial charge in [0.2, 0.25) is 5.89 Å². The molecule has 2 rings (SSSR count). The van der Waals surface area contributed by atoms with Crippen molar-refractivity contribution in [3.63, 3.8) is 0 Å². The van der Waals surface area contributed by atoms with Crippen LogP contribution in [0.3, 0.4) is 0 Å². The van der Waals surface area contributed by atoms with Crippen LogP contribution < -0.4 is 5.73 Å². The first-order chi connectivity index (χ1) is 9.55. The molecule has 0 aliphatic carbocycles. The van der Waals surface area contributed by atoms with Crippen LogP contribution in [0.2, 0.25) is 0 Å². The summed E-state index contributed by atoms with van der Waals surface area (Å²) in [6.07, 6.45) is 2.90. The summed E-state index contributed by atoms with van der Waals surface area (Å²) < 4.78 is 5.34. The number of aromatic nitrogens is 2. The quantitative estimate of drug-likeness (QED) is 0.885. The smallest absolute Gasteiger partial charge is 0.243 e. The molecule has 1 atom stereocenters. The molecule has 0 fully saturated rings. The fourth-order valence-corrected chi connectivity index (χ4v) is 2.48. The third-order valence-corrected chi connectivity index (χ3v) is 4.09. The highest BCUT2D eigenvalue weighted by atomic mass is 32.2. The van der Waals surface area contributed by atoms with Crippen molar-refractivity contribution in [2.24, 2.45) is 5.73 Å². The molecule has 4 nitrogen and oxygen atoms in total. The van der Waals surface area contributed by atoms with Crippen molar-refractivity contribution in [1.82, 2.24) is 10.1 Å². The summed E-state index contributed by atoms with van der Waals surface area (Å²) >= 11 is 1.76. The summed E-state index contributed by atoms with van der Waals surface area (Å²) in [5, 5.41) is 4.12. The van der Waals surface area contributed by atoms with Gasteiger partial charge in [-0.3, -0.25) is 0 Å². The molecule has 1 aromatic carbocycles. The highest BCUT2D eigenvalue weighted by Gasteiger charge is 2.29. The highest BCUT2D eigenvalue weighted by Crippen LogP contribution is 2.29. The molecule has 20 heavy (non-hydrogen) atoms. The Morgan fingerprint density at radius 3 is 2.65 bits per heavy atom. The Hall–Kier alpha value is -1.33. The predicted octanol–water partition coefficient (Wildman–Crippen LogP) is 3.15. The number of rotatable bonds is 6. The van der Waals surface area contributed by atoms with Crippen LogP contribution in [0.1, 0.15) is 43.6 Å². The monoisotopic (exact) mass is 291 g/mol. The summed E-state index contributed by atoms with van der Waals surface area (Å²) in [5.74, 6) is 2.19. The van der Waals surface area contributed by atoms with Gasteiger partial charge in [-0.2, -0.15) is 16.7 Å². The topological polar surface area (TPSA) is 64.9 Å². The van der Waals surface area contributed by atoms with Crippen molar-refractivity contribution < 1.29 is 4.52 Å². The SMILES string of the molecule is CSCCC(N)c1nc(C(C)(C)c2ccccc2)no1. The first kappa shape index (κ1) is 15.1. The van der Waals surface area contributed by atoms with Gasteiger partial charge < -0.3 is 10.3 Å². The van der Waals surface area contributed by atoms with Crippen molar-refractivity contribution in [3.8, 4) is 0 Å². The number of thioether (sulfide) groups is 1. The van der Waals surface area contributed by atoms with Gasteiger partial charge in [0, 0.05) is 0 Å². The van der Waals surface area contributed by atoms with Gasteiger partial charge in [0.15, 0.2) is 5.82 Å².